The Morgan fingerprint density at radius 2 is 2.06 bits per heavy atom. The van der Waals surface area contributed by atoms with E-state index in [9.17, 15) is 4.79 Å². The van der Waals surface area contributed by atoms with E-state index in [1.807, 2.05) is 6.07 Å². The van der Waals surface area contributed by atoms with Crippen LogP contribution in [0.15, 0.2) is 42.6 Å². The number of amides is 1. The number of nitrogens with two attached hydrogens (primary N) is 1. The van der Waals surface area contributed by atoms with E-state index in [2.05, 4.69) is 10.3 Å². The van der Waals surface area contributed by atoms with E-state index in [0.29, 0.717) is 22.9 Å². The maximum atomic E-state index is 12.0. The second-order valence-corrected chi connectivity index (χ2v) is 4.06. The Balaban J connectivity index is 2.24. The summed E-state index contributed by atoms with van der Waals surface area (Å²) in [5.41, 5.74) is 6.76. The molecule has 4 nitrogen and oxygen atoms in total. The van der Waals surface area contributed by atoms with E-state index >= 15 is 0 Å². The largest absolute Gasteiger partial charge is 0.326 e. The zero-order valence-corrected chi connectivity index (χ0v) is 10.3. The van der Waals surface area contributed by atoms with E-state index in [-0.39, 0.29) is 5.91 Å². The molecule has 2 rings (SSSR count). The molecule has 1 amide bonds. The highest BCUT2D eigenvalue weighted by molar-refractivity contribution is 6.34. The van der Waals surface area contributed by atoms with Crippen LogP contribution in [0.3, 0.4) is 0 Å². The van der Waals surface area contributed by atoms with Gasteiger partial charge < -0.3 is 11.1 Å². The van der Waals surface area contributed by atoms with Crippen LogP contribution in [0.4, 0.5) is 5.82 Å². The molecular formula is C13H12ClN3O. The van der Waals surface area contributed by atoms with Crippen LogP contribution in [-0.4, -0.2) is 10.9 Å². The Morgan fingerprint density at radius 3 is 2.78 bits per heavy atom. The number of benzene rings is 1. The molecule has 0 saturated heterocycles. The summed E-state index contributed by atoms with van der Waals surface area (Å²) in [4.78, 5) is 16.1. The van der Waals surface area contributed by atoms with Gasteiger partial charge in [0.05, 0.1) is 10.6 Å². The molecular weight excluding hydrogens is 250 g/mol. The maximum Gasteiger partial charge on any atom is 0.258 e. The average Bonchev–Trinajstić information content (AvgIpc) is 2.39. The van der Waals surface area contributed by atoms with Gasteiger partial charge in [0, 0.05) is 18.3 Å². The van der Waals surface area contributed by atoms with Gasteiger partial charge in [-0.05, 0) is 18.2 Å². The second-order valence-electron chi connectivity index (χ2n) is 3.65. The van der Waals surface area contributed by atoms with Crippen molar-refractivity contribution in [3.05, 3.63) is 58.7 Å². The molecule has 0 bridgehead atoms. The van der Waals surface area contributed by atoms with Gasteiger partial charge in [-0.2, -0.15) is 0 Å². The van der Waals surface area contributed by atoms with E-state index < -0.39 is 0 Å². The number of anilines is 1. The van der Waals surface area contributed by atoms with Crippen molar-refractivity contribution in [3.8, 4) is 0 Å². The van der Waals surface area contributed by atoms with Gasteiger partial charge in [0.15, 0.2) is 0 Å². The van der Waals surface area contributed by atoms with Crippen molar-refractivity contribution < 1.29 is 4.79 Å². The molecule has 1 aromatic carbocycles. The first-order chi connectivity index (χ1) is 8.72. The molecule has 18 heavy (non-hydrogen) atoms. The zero-order chi connectivity index (χ0) is 13.0. The summed E-state index contributed by atoms with van der Waals surface area (Å²) in [7, 11) is 0. The van der Waals surface area contributed by atoms with Crippen molar-refractivity contribution in [3.63, 3.8) is 0 Å². The fraction of sp³-hybridized carbons (Fsp3) is 0.0769. The predicted octanol–water partition coefficient (Wildman–Crippen LogP) is 2.45. The number of aromatic nitrogens is 1. The fourth-order valence-corrected chi connectivity index (χ4v) is 1.76. The number of nitrogens with one attached hydrogen (secondary N) is 1. The van der Waals surface area contributed by atoms with Crippen LogP contribution in [0.5, 0.6) is 0 Å². The molecule has 0 aliphatic rings. The van der Waals surface area contributed by atoms with Gasteiger partial charge >= 0.3 is 0 Å². The highest BCUT2D eigenvalue weighted by Gasteiger charge is 2.11. The van der Waals surface area contributed by atoms with Crippen LogP contribution in [0, 0.1) is 0 Å². The molecule has 1 aromatic heterocycles. The van der Waals surface area contributed by atoms with E-state index in [1.165, 1.54) is 0 Å². The summed E-state index contributed by atoms with van der Waals surface area (Å²) in [6, 6.07) is 10.4. The van der Waals surface area contributed by atoms with E-state index in [0.717, 1.165) is 5.56 Å². The Morgan fingerprint density at radius 1 is 1.28 bits per heavy atom. The molecule has 5 heteroatoms. The summed E-state index contributed by atoms with van der Waals surface area (Å²) >= 11 is 5.95. The molecule has 92 valence electrons. The standard InChI is InChI=1S/C13H12ClN3O/c14-11-6-2-1-5-10(11)13(18)17-12-9(8-15)4-3-7-16-12/h1-7H,8,15H2,(H,16,17,18). The van der Waals surface area contributed by atoms with Crippen LogP contribution in [0.1, 0.15) is 15.9 Å². The van der Waals surface area contributed by atoms with Crippen LogP contribution >= 0.6 is 11.6 Å². The molecule has 2 aromatic rings. The molecule has 0 fully saturated rings. The molecule has 0 aliphatic heterocycles. The Hall–Kier alpha value is -1.91. The molecule has 3 N–H and O–H groups in total. The van der Waals surface area contributed by atoms with Crippen molar-refractivity contribution in [2.24, 2.45) is 5.73 Å². The molecule has 0 atom stereocenters. The van der Waals surface area contributed by atoms with Crippen molar-refractivity contribution in [2.45, 2.75) is 6.54 Å². The molecule has 0 saturated carbocycles. The zero-order valence-electron chi connectivity index (χ0n) is 9.56. The molecule has 0 spiro atoms. The van der Waals surface area contributed by atoms with Gasteiger partial charge in [0.1, 0.15) is 5.82 Å². The van der Waals surface area contributed by atoms with Crippen LogP contribution in [0.25, 0.3) is 0 Å². The molecule has 0 radical (unpaired) electrons. The van der Waals surface area contributed by atoms with Gasteiger partial charge in [-0.15, -0.1) is 0 Å². The number of pyridine rings is 1. The highest BCUT2D eigenvalue weighted by Crippen LogP contribution is 2.17. The van der Waals surface area contributed by atoms with Gasteiger partial charge in [-0.3, -0.25) is 4.79 Å². The minimum absolute atomic E-state index is 0.297. The minimum atomic E-state index is -0.297. The van der Waals surface area contributed by atoms with Crippen LogP contribution in [-0.2, 0) is 6.54 Å². The molecule has 0 unspecified atom stereocenters. The average molecular weight is 262 g/mol. The maximum absolute atomic E-state index is 12.0. The summed E-state index contributed by atoms with van der Waals surface area (Å²) in [5.74, 6) is 0.166. The van der Waals surface area contributed by atoms with E-state index in [4.69, 9.17) is 17.3 Å². The number of carbonyl (C=O) groups excluding carboxylic acids is 1. The van der Waals surface area contributed by atoms with Gasteiger partial charge in [0.25, 0.3) is 5.91 Å². The number of hydrogen-bond donors (Lipinski definition) is 2. The predicted molar refractivity (Wildman–Crippen MR) is 71.5 cm³/mol. The normalized spacial score (nSPS) is 10.1. The first-order valence-corrected chi connectivity index (χ1v) is 5.80. The van der Waals surface area contributed by atoms with Crippen molar-refractivity contribution in [1.29, 1.82) is 0 Å². The first kappa shape index (κ1) is 12.5. The number of rotatable bonds is 3. The van der Waals surface area contributed by atoms with Crippen LogP contribution in [0.2, 0.25) is 5.02 Å². The lowest BCUT2D eigenvalue weighted by Crippen LogP contribution is -2.15. The highest BCUT2D eigenvalue weighted by atomic mass is 35.5. The number of carbonyl (C=O) groups is 1. The first-order valence-electron chi connectivity index (χ1n) is 5.42. The van der Waals surface area contributed by atoms with Gasteiger partial charge in [0.2, 0.25) is 0 Å². The third-order valence-corrected chi connectivity index (χ3v) is 2.79. The third kappa shape index (κ3) is 2.67. The second kappa shape index (κ2) is 5.62. The lowest BCUT2D eigenvalue weighted by atomic mass is 10.2. The smallest absolute Gasteiger partial charge is 0.258 e. The summed E-state index contributed by atoms with van der Waals surface area (Å²) in [6.45, 7) is 0.311. The Bertz CT molecular complexity index is 572. The van der Waals surface area contributed by atoms with E-state index in [1.54, 1.807) is 36.5 Å². The van der Waals surface area contributed by atoms with Gasteiger partial charge in [-0.25, -0.2) is 4.98 Å². The Kier molecular flexibility index (Phi) is 3.92. The topological polar surface area (TPSA) is 68.0 Å². The Labute approximate surface area is 110 Å². The number of hydrogen-bond acceptors (Lipinski definition) is 3. The summed E-state index contributed by atoms with van der Waals surface area (Å²) in [5, 5.41) is 3.11. The minimum Gasteiger partial charge on any atom is -0.326 e. The fourth-order valence-electron chi connectivity index (χ4n) is 1.54. The SMILES string of the molecule is NCc1cccnc1NC(=O)c1ccccc1Cl. The van der Waals surface area contributed by atoms with Crippen LogP contribution < -0.4 is 11.1 Å². The summed E-state index contributed by atoms with van der Waals surface area (Å²) < 4.78 is 0. The van der Waals surface area contributed by atoms with Crippen molar-refractivity contribution in [2.75, 3.05) is 5.32 Å². The third-order valence-electron chi connectivity index (χ3n) is 2.46. The lowest BCUT2D eigenvalue weighted by molar-refractivity contribution is 0.102. The van der Waals surface area contributed by atoms with Gasteiger partial charge in [-0.1, -0.05) is 29.8 Å². The molecule has 1 heterocycles. The molecule has 0 aliphatic carbocycles. The van der Waals surface area contributed by atoms with Crippen molar-refractivity contribution >= 4 is 23.3 Å². The number of nitrogens with zero attached hydrogens (tertiary/aromatic N) is 1. The van der Waals surface area contributed by atoms with Crippen molar-refractivity contribution in [1.82, 2.24) is 4.98 Å². The monoisotopic (exact) mass is 261 g/mol. The lowest BCUT2D eigenvalue weighted by Gasteiger charge is -2.09. The summed E-state index contributed by atoms with van der Waals surface area (Å²) in [6.07, 6.45) is 1.60. The quantitative estimate of drug-likeness (QED) is 0.892. The number of halogens is 1.